The molecule has 0 radical (unpaired) electrons. The van der Waals surface area contributed by atoms with Crippen molar-refractivity contribution < 1.29 is 34.0 Å². The molecule has 0 heterocycles. The first-order chi connectivity index (χ1) is 3.42. The van der Waals surface area contributed by atoms with Crippen LogP contribution in [0.15, 0.2) is 0 Å². The Morgan fingerprint density at radius 2 is 1.27 bits per heavy atom. The molecule has 0 nitrogen and oxygen atoms in total. The summed E-state index contributed by atoms with van der Waals surface area (Å²) in [6.07, 6.45) is 1.33. The van der Waals surface area contributed by atoms with E-state index in [0.717, 1.165) is 5.92 Å². The second kappa shape index (κ2) is 9.81. The van der Waals surface area contributed by atoms with Crippen LogP contribution in [0.4, 0.5) is 0 Å². The fraction of sp³-hybridized carbons (Fsp3) is 1.00. The third-order valence-electron chi connectivity index (χ3n) is 1.02. The van der Waals surface area contributed by atoms with Crippen LogP contribution in [0.1, 0.15) is 41.0 Å². The summed E-state index contributed by atoms with van der Waals surface area (Å²) in [5, 5.41) is 0. The van der Waals surface area contributed by atoms with Crippen molar-refractivity contribution in [3.8, 4) is 0 Å². The molecule has 3 heteroatoms. The molecule has 0 aromatic rings. The van der Waals surface area contributed by atoms with Crippen LogP contribution >= 0.6 is 0 Å². The number of hydrogen-bond acceptors (Lipinski definition) is 0. The van der Waals surface area contributed by atoms with Gasteiger partial charge in [-0.05, 0) is 17.8 Å². The summed E-state index contributed by atoms with van der Waals surface area (Å²) in [5.41, 5.74) is 0.522. The van der Waals surface area contributed by atoms with Crippen molar-refractivity contribution in [1.82, 2.24) is 0 Å². The Bertz CT molecular complexity index is 67.0. The molecule has 0 fully saturated rings. The van der Waals surface area contributed by atoms with Gasteiger partial charge >= 0.3 is 23.1 Å². The maximum Gasteiger partial charge on any atom is 2.00 e. The topological polar surface area (TPSA) is 0 Å². The maximum absolute atomic E-state index is 2.28. The van der Waals surface area contributed by atoms with Gasteiger partial charge in [-0.15, -0.1) is 0 Å². The molecule has 0 atom stereocenters. The summed E-state index contributed by atoms with van der Waals surface area (Å²) in [6.45, 7) is 11.4. The minimum absolute atomic E-state index is 0. The molecule has 0 saturated heterocycles. The molecular weight excluding hydrogens is 280 g/mol. The monoisotopic (exact) mass is 296 g/mol. The molecule has 0 aromatic heterocycles. The summed E-state index contributed by atoms with van der Waals surface area (Å²) in [4.78, 5) is 0. The van der Waals surface area contributed by atoms with Gasteiger partial charge in [-0.1, -0.05) is 34.6 Å². The molecule has 0 amide bonds. The SMILES string of the molecule is CC(C)CC(C)(C)C.[Br-].[Br-].[Mg+2]. The van der Waals surface area contributed by atoms with Gasteiger partial charge in [0.05, 0.1) is 0 Å². The smallest absolute Gasteiger partial charge is 1.00 e. The molecule has 0 saturated carbocycles. The van der Waals surface area contributed by atoms with Gasteiger partial charge in [0.1, 0.15) is 0 Å². The van der Waals surface area contributed by atoms with Crippen LogP contribution in [0.3, 0.4) is 0 Å². The first kappa shape index (κ1) is 23.0. The average molecular weight is 298 g/mol. The van der Waals surface area contributed by atoms with Gasteiger partial charge in [-0.3, -0.25) is 0 Å². The van der Waals surface area contributed by atoms with Gasteiger partial charge in [-0.25, -0.2) is 0 Å². The van der Waals surface area contributed by atoms with Crippen molar-refractivity contribution in [2.24, 2.45) is 11.3 Å². The quantitative estimate of drug-likeness (QED) is 0.445. The molecule has 0 unspecified atom stereocenters. The fourth-order valence-electron chi connectivity index (χ4n) is 1.22. The third kappa shape index (κ3) is 24.5. The van der Waals surface area contributed by atoms with E-state index >= 15 is 0 Å². The minimum atomic E-state index is 0. The molecule has 0 aliphatic heterocycles. The molecule has 11 heavy (non-hydrogen) atoms. The Hall–Kier alpha value is 1.73. The Labute approximate surface area is 109 Å². The Morgan fingerprint density at radius 3 is 1.27 bits per heavy atom. The van der Waals surface area contributed by atoms with Crippen LogP contribution in [-0.2, 0) is 0 Å². The number of halogens is 2. The van der Waals surface area contributed by atoms with Crippen LogP contribution in [0.2, 0.25) is 0 Å². The first-order valence-electron chi connectivity index (χ1n) is 3.42. The molecule has 0 aliphatic rings. The van der Waals surface area contributed by atoms with E-state index in [1.807, 2.05) is 0 Å². The van der Waals surface area contributed by atoms with Crippen LogP contribution in [0, 0.1) is 11.3 Å². The van der Waals surface area contributed by atoms with E-state index in [2.05, 4.69) is 34.6 Å². The second-order valence-electron chi connectivity index (χ2n) is 4.16. The van der Waals surface area contributed by atoms with Gasteiger partial charge in [0.2, 0.25) is 0 Å². The van der Waals surface area contributed by atoms with Crippen molar-refractivity contribution in [3.05, 3.63) is 0 Å². The van der Waals surface area contributed by atoms with Gasteiger partial charge in [-0.2, -0.15) is 0 Å². The summed E-state index contributed by atoms with van der Waals surface area (Å²) >= 11 is 0. The van der Waals surface area contributed by atoms with E-state index in [0.29, 0.717) is 5.41 Å². The zero-order chi connectivity index (χ0) is 6.78. The van der Waals surface area contributed by atoms with Crippen molar-refractivity contribution in [2.75, 3.05) is 0 Å². The largest absolute Gasteiger partial charge is 2.00 e. The molecule has 66 valence electrons. The van der Waals surface area contributed by atoms with E-state index < -0.39 is 0 Å². The van der Waals surface area contributed by atoms with E-state index in [-0.39, 0.29) is 57.0 Å². The second-order valence-corrected chi connectivity index (χ2v) is 4.16. The van der Waals surface area contributed by atoms with Crippen molar-refractivity contribution in [2.45, 2.75) is 41.0 Å². The number of hydrogen-bond donors (Lipinski definition) is 0. The van der Waals surface area contributed by atoms with Gasteiger partial charge in [0.15, 0.2) is 0 Å². The molecule has 0 bridgehead atoms. The fourth-order valence-corrected chi connectivity index (χ4v) is 1.22. The van der Waals surface area contributed by atoms with Crippen molar-refractivity contribution >= 4 is 23.1 Å². The van der Waals surface area contributed by atoms with E-state index in [1.54, 1.807) is 0 Å². The maximum atomic E-state index is 2.28. The summed E-state index contributed by atoms with van der Waals surface area (Å²) in [7, 11) is 0. The Balaban J connectivity index is -0.0000000817. The molecule has 0 spiro atoms. The van der Waals surface area contributed by atoms with E-state index in [1.165, 1.54) is 6.42 Å². The predicted octanol–water partition coefficient (Wildman–Crippen LogP) is -3.29. The summed E-state index contributed by atoms with van der Waals surface area (Å²) in [5.74, 6) is 0.843. The zero-order valence-corrected chi connectivity index (χ0v) is 12.8. The minimum Gasteiger partial charge on any atom is -1.00 e. The molecule has 0 aliphatic carbocycles. The molecular formula is C8H18Br2Mg. The van der Waals surface area contributed by atoms with Gasteiger partial charge < -0.3 is 34.0 Å². The van der Waals surface area contributed by atoms with Crippen LogP contribution in [-0.4, -0.2) is 23.1 Å². The molecule has 0 rings (SSSR count). The van der Waals surface area contributed by atoms with Gasteiger partial charge in [0.25, 0.3) is 0 Å². The van der Waals surface area contributed by atoms with E-state index in [4.69, 9.17) is 0 Å². The summed E-state index contributed by atoms with van der Waals surface area (Å²) in [6, 6.07) is 0. The standard InChI is InChI=1S/C8H18.2BrH.Mg/c1-7(2)6-8(3,4)5;;;/h7H,6H2,1-5H3;2*1H;/q;;;+2/p-2. The first-order valence-corrected chi connectivity index (χ1v) is 3.42. The number of rotatable bonds is 1. The zero-order valence-electron chi connectivity index (χ0n) is 8.25. The Kier molecular flexibility index (Phi) is 20.5. The Morgan fingerprint density at radius 1 is 1.00 bits per heavy atom. The van der Waals surface area contributed by atoms with Crippen LogP contribution < -0.4 is 34.0 Å². The van der Waals surface area contributed by atoms with Gasteiger partial charge in [0, 0.05) is 0 Å². The summed E-state index contributed by atoms with van der Waals surface area (Å²) < 4.78 is 0. The third-order valence-corrected chi connectivity index (χ3v) is 1.02. The molecule has 0 aromatic carbocycles. The average Bonchev–Trinajstić information content (AvgIpc) is 1.21. The normalized spacial score (nSPS) is 9.27. The van der Waals surface area contributed by atoms with Crippen molar-refractivity contribution in [3.63, 3.8) is 0 Å². The predicted molar refractivity (Wildman–Crippen MR) is 44.7 cm³/mol. The van der Waals surface area contributed by atoms with Crippen LogP contribution in [0.25, 0.3) is 0 Å². The van der Waals surface area contributed by atoms with E-state index in [9.17, 15) is 0 Å². The van der Waals surface area contributed by atoms with Crippen LogP contribution in [0.5, 0.6) is 0 Å². The van der Waals surface area contributed by atoms with Crippen molar-refractivity contribution in [1.29, 1.82) is 0 Å². The molecule has 0 N–H and O–H groups in total.